The first-order valence-corrected chi connectivity index (χ1v) is 6.17. The molecule has 6 heteroatoms. The normalized spacial score (nSPS) is 13.2. The number of amides is 1. The van der Waals surface area contributed by atoms with Crippen molar-refractivity contribution in [2.24, 2.45) is 0 Å². The SMILES string of the molecule is CC(Cl)C(C)(C)NC(=O)c1ccc(OC(F)F)cc1. The van der Waals surface area contributed by atoms with E-state index in [-0.39, 0.29) is 17.0 Å². The van der Waals surface area contributed by atoms with Crippen molar-refractivity contribution >= 4 is 17.5 Å². The first-order chi connectivity index (χ1) is 8.72. The van der Waals surface area contributed by atoms with Crippen LogP contribution in [0.5, 0.6) is 5.75 Å². The van der Waals surface area contributed by atoms with E-state index >= 15 is 0 Å². The van der Waals surface area contributed by atoms with E-state index in [9.17, 15) is 13.6 Å². The summed E-state index contributed by atoms with van der Waals surface area (Å²) in [6, 6.07) is 5.47. The topological polar surface area (TPSA) is 38.3 Å². The lowest BCUT2D eigenvalue weighted by molar-refractivity contribution is -0.0498. The standard InChI is InChI=1S/C13H16ClF2NO2/c1-8(14)13(2,3)17-11(18)9-4-6-10(7-5-9)19-12(15)16/h4-8,12H,1-3H3,(H,17,18). The number of rotatable bonds is 5. The zero-order chi connectivity index (χ0) is 14.6. The van der Waals surface area contributed by atoms with Gasteiger partial charge < -0.3 is 10.1 Å². The van der Waals surface area contributed by atoms with Crippen LogP contribution in [0.3, 0.4) is 0 Å². The van der Waals surface area contributed by atoms with Crippen molar-refractivity contribution in [2.75, 3.05) is 0 Å². The lowest BCUT2D eigenvalue weighted by Crippen LogP contribution is -2.49. The van der Waals surface area contributed by atoms with Gasteiger partial charge in [-0.3, -0.25) is 4.79 Å². The summed E-state index contributed by atoms with van der Waals surface area (Å²) in [6.07, 6.45) is 0. The fourth-order valence-electron chi connectivity index (χ4n) is 1.25. The number of halogens is 3. The summed E-state index contributed by atoms with van der Waals surface area (Å²) in [7, 11) is 0. The molecule has 1 N–H and O–H groups in total. The summed E-state index contributed by atoms with van der Waals surface area (Å²) in [5, 5.41) is 2.52. The number of ether oxygens (including phenoxy) is 1. The molecule has 0 radical (unpaired) electrons. The fourth-order valence-corrected chi connectivity index (χ4v) is 1.31. The van der Waals surface area contributed by atoms with Gasteiger partial charge in [0.2, 0.25) is 0 Å². The summed E-state index contributed by atoms with van der Waals surface area (Å²) >= 11 is 5.97. The number of alkyl halides is 3. The number of nitrogens with one attached hydrogen (secondary N) is 1. The highest BCUT2D eigenvalue weighted by Gasteiger charge is 2.26. The molecule has 0 bridgehead atoms. The maximum atomic E-state index is 12.0. The van der Waals surface area contributed by atoms with Crippen molar-refractivity contribution < 1.29 is 18.3 Å². The van der Waals surface area contributed by atoms with Gasteiger partial charge in [-0.05, 0) is 45.0 Å². The molecule has 0 heterocycles. The third kappa shape index (κ3) is 4.67. The molecule has 1 unspecified atom stereocenters. The van der Waals surface area contributed by atoms with Gasteiger partial charge in [0.1, 0.15) is 5.75 Å². The molecule has 0 aliphatic rings. The minimum Gasteiger partial charge on any atom is -0.435 e. The zero-order valence-corrected chi connectivity index (χ0v) is 11.7. The van der Waals surface area contributed by atoms with Gasteiger partial charge in [-0.1, -0.05) is 0 Å². The van der Waals surface area contributed by atoms with Crippen LogP contribution in [0.25, 0.3) is 0 Å². The van der Waals surface area contributed by atoms with Gasteiger partial charge >= 0.3 is 6.61 Å². The number of carbonyl (C=O) groups is 1. The first kappa shape index (κ1) is 15.7. The van der Waals surface area contributed by atoms with Crippen molar-refractivity contribution in [3.8, 4) is 5.75 Å². The van der Waals surface area contributed by atoms with Crippen LogP contribution in [0.15, 0.2) is 24.3 Å². The van der Waals surface area contributed by atoms with E-state index in [1.54, 1.807) is 20.8 Å². The van der Waals surface area contributed by atoms with Gasteiger partial charge in [0.15, 0.2) is 0 Å². The van der Waals surface area contributed by atoms with Crippen LogP contribution < -0.4 is 10.1 Å². The molecule has 1 aromatic carbocycles. The number of hydrogen-bond acceptors (Lipinski definition) is 2. The molecule has 0 fully saturated rings. The fraction of sp³-hybridized carbons (Fsp3) is 0.462. The molecule has 1 rings (SSSR count). The lowest BCUT2D eigenvalue weighted by Gasteiger charge is -2.29. The molecule has 106 valence electrons. The summed E-state index contributed by atoms with van der Waals surface area (Å²) in [6.45, 7) is 2.51. The Bertz CT molecular complexity index is 433. The van der Waals surface area contributed by atoms with Crippen molar-refractivity contribution in [2.45, 2.75) is 38.3 Å². The molecular weight excluding hydrogens is 276 g/mol. The van der Waals surface area contributed by atoms with Crippen LogP contribution in [0, 0.1) is 0 Å². The van der Waals surface area contributed by atoms with Gasteiger partial charge in [-0.2, -0.15) is 8.78 Å². The third-order valence-electron chi connectivity index (χ3n) is 2.77. The molecular formula is C13H16ClF2NO2. The lowest BCUT2D eigenvalue weighted by atomic mass is 10.0. The minimum atomic E-state index is -2.88. The van der Waals surface area contributed by atoms with Crippen molar-refractivity contribution in [1.82, 2.24) is 5.32 Å². The molecule has 1 aromatic rings. The molecule has 1 atom stereocenters. The maximum absolute atomic E-state index is 12.0. The Balaban J connectivity index is 2.73. The number of benzene rings is 1. The van der Waals surface area contributed by atoms with Gasteiger partial charge in [-0.25, -0.2) is 0 Å². The van der Waals surface area contributed by atoms with Gasteiger partial charge in [-0.15, -0.1) is 11.6 Å². The van der Waals surface area contributed by atoms with E-state index in [2.05, 4.69) is 10.1 Å². The highest BCUT2D eigenvalue weighted by atomic mass is 35.5. The summed E-state index contributed by atoms with van der Waals surface area (Å²) in [4.78, 5) is 11.9. The van der Waals surface area contributed by atoms with Gasteiger partial charge in [0, 0.05) is 5.56 Å². The highest BCUT2D eigenvalue weighted by molar-refractivity contribution is 6.21. The monoisotopic (exact) mass is 291 g/mol. The van der Waals surface area contributed by atoms with Gasteiger partial charge in [0.25, 0.3) is 5.91 Å². The van der Waals surface area contributed by atoms with Gasteiger partial charge in [0.05, 0.1) is 10.9 Å². The Morgan fingerprint density at radius 3 is 2.26 bits per heavy atom. The summed E-state index contributed by atoms with van der Waals surface area (Å²) < 4.78 is 28.2. The Kier molecular flexibility index (Phi) is 5.11. The molecule has 0 spiro atoms. The van der Waals surface area contributed by atoms with E-state index in [0.29, 0.717) is 5.56 Å². The zero-order valence-electron chi connectivity index (χ0n) is 10.9. The average Bonchev–Trinajstić information content (AvgIpc) is 2.28. The first-order valence-electron chi connectivity index (χ1n) is 5.74. The molecule has 0 aliphatic carbocycles. The second-order valence-corrected chi connectivity index (χ2v) is 5.35. The second-order valence-electron chi connectivity index (χ2n) is 4.69. The average molecular weight is 292 g/mol. The molecule has 0 aromatic heterocycles. The van der Waals surface area contributed by atoms with Crippen LogP contribution >= 0.6 is 11.6 Å². The maximum Gasteiger partial charge on any atom is 0.387 e. The molecule has 0 saturated heterocycles. The predicted octanol–water partition coefficient (Wildman–Crippen LogP) is 3.42. The second kappa shape index (κ2) is 6.19. The predicted molar refractivity (Wildman–Crippen MR) is 69.9 cm³/mol. The van der Waals surface area contributed by atoms with E-state index in [1.807, 2.05) is 0 Å². The van der Waals surface area contributed by atoms with E-state index in [0.717, 1.165) is 0 Å². The third-order valence-corrected chi connectivity index (χ3v) is 3.32. The number of hydrogen-bond donors (Lipinski definition) is 1. The molecule has 3 nitrogen and oxygen atoms in total. The van der Waals surface area contributed by atoms with Crippen molar-refractivity contribution in [3.05, 3.63) is 29.8 Å². The largest absolute Gasteiger partial charge is 0.435 e. The molecule has 1 amide bonds. The molecule has 0 aliphatic heterocycles. The molecule has 0 saturated carbocycles. The Morgan fingerprint density at radius 2 is 1.84 bits per heavy atom. The Morgan fingerprint density at radius 1 is 1.32 bits per heavy atom. The van der Waals surface area contributed by atoms with E-state index < -0.39 is 12.2 Å². The van der Waals surface area contributed by atoms with Crippen LogP contribution in [-0.2, 0) is 0 Å². The van der Waals surface area contributed by atoms with Crippen LogP contribution in [0.4, 0.5) is 8.78 Å². The Hall–Kier alpha value is -1.36. The van der Waals surface area contributed by atoms with E-state index in [4.69, 9.17) is 11.6 Å². The van der Waals surface area contributed by atoms with Crippen molar-refractivity contribution in [3.63, 3.8) is 0 Å². The Labute approximate surface area is 115 Å². The minimum absolute atomic E-state index is 0.0107. The smallest absolute Gasteiger partial charge is 0.387 e. The van der Waals surface area contributed by atoms with E-state index in [1.165, 1.54) is 24.3 Å². The number of carbonyl (C=O) groups excluding carboxylic acids is 1. The quantitative estimate of drug-likeness (QED) is 0.844. The summed E-state index contributed by atoms with van der Waals surface area (Å²) in [5.74, 6) is -0.308. The van der Waals surface area contributed by atoms with Crippen LogP contribution in [0.2, 0.25) is 0 Å². The highest BCUT2D eigenvalue weighted by Crippen LogP contribution is 2.18. The van der Waals surface area contributed by atoms with Crippen LogP contribution in [0.1, 0.15) is 31.1 Å². The van der Waals surface area contributed by atoms with Crippen LogP contribution in [-0.4, -0.2) is 23.4 Å². The van der Waals surface area contributed by atoms with Crippen molar-refractivity contribution in [1.29, 1.82) is 0 Å². The summed E-state index contributed by atoms with van der Waals surface area (Å²) in [5.41, 5.74) is -0.219. The molecule has 19 heavy (non-hydrogen) atoms.